The fraction of sp³-hybridized carbons (Fsp3) is 0.154. The summed E-state index contributed by atoms with van der Waals surface area (Å²) in [5, 5.41) is 2.78. The molecule has 0 saturated heterocycles. The first kappa shape index (κ1) is 11.2. The third kappa shape index (κ3) is 4.27. The Bertz CT molecular complexity index is 365. The van der Waals surface area contributed by atoms with Gasteiger partial charge in [0.05, 0.1) is 6.42 Å². The summed E-state index contributed by atoms with van der Waals surface area (Å²) >= 11 is 0. The Morgan fingerprint density at radius 2 is 2.07 bits per heavy atom. The number of carbonyl (C=O) groups excluding carboxylic acids is 1. The third-order valence-corrected chi connectivity index (χ3v) is 1.91. The quantitative estimate of drug-likeness (QED) is 0.745. The number of benzene rings is 1. The van der Waals surface area contributed by atoms with Crippen LogP contribution in [0.4, 0.5) is 0 Å². The van der Waals surface area contributed by atoms with Gasteiger partial charge in [-0.1, -0.05) is 43.0 Å². The van der Waals surface area contributed by atoms with Crippen LogP contribution < -0.4 is 5.32 Å². The highest BCUT2D eigenvalue weighted by atomic mass is 16.1. The zero-order chi connectivity index (χ0) is 11.1. The van der Waals surface area contributed by atoms with Crippen LogP contribution >= 0.6 is 0 Å². The molecule has 0 aliphatic carbocycles. The zero-order valence-corrected chi connectivity index (χ0v) is 8.86. The van der Waals surface area contributed by atoms with Gasteiger partial charge in [-0.15, -0.1) is 0 Å². The van der Waals surface area contributed by atoms with Crippen molar-refractivity contribution in [1.29, 1.82) is 0 Å². The molecule has 0 bridgehead atoms. The standard InChI is InChI=1S/C13H15NO/c1-3-7-11(2)14-13(15)10-12-8-5-4-6-9-12/h3-9H,1,10H2,2H3,(H,14,15)/b11-7+. The van der Waals surface area contributed by atoms with Crippen LogP contribution in [0.3, 0.4) is 0 Å². The van der Waals surface area contributed by atoms with Gasteiger partial charge in [0.2, 0.25) is 5.91 Å². The molecular weight excluding hydrogens is 186 g/mol. The van der Waals surface area contributed by atoms with Gasteiger partial charge in [0.25, 0.3) is 0 Å². The lowest BCUT2D eigenvalue weighted by Gasteiger charge is -2.04. The molecule has 1 aromatic rings. The van der Waals surface area contributed by atoms with Gasteiger partial charge in [0.15, 0.2) is 0 Å². The van der Waals surface area contributed by atoms with E-state index in [4.69, 9.17) is 0 Å². The van der Waals surface area contributed by atoms with Crippen LogP contribution in [0.2, 0.25) is 0 Å². The van der Waals surface area contributed by atoms with Crippen molar-refractivity contribution in [2.24, 2.45) is 0 Å². The molecule has 0 aromatic heterocycles. The molecule has 0 unspecified atom stereocenters. The largest absolute Gasteiger partial charge is 0.330 e. The molecule has 1 rings (SSSR count). The van der Waals surface area contributed by atoms with Gasteiger partial charge in [-0.2, -0.15) is 0 Å². The van der Waals surface area contributed by atoms with Crippen LogP contribution in [0.1, 0.15) is 12.5 Å². The normalized spacial score (nSPS) is 10.9. The molecule has 0 aliphatic rings. The highest BCUT2D eigenvalue weighted by Gasteiger charge is 2.01. The van der Waals surface area contributed by atoms with Gasteiger partial charge in [0, 0.05) is 5.70 Å². The predicted molar refractivity (Wildman–Crippen MR) is 62.2 cm³/mol. The van der Waals surface area contributed by atoms with Crippen molar-refractivity contribution in [2.45, 2.75) is 13.3 Å². The van der Waals surface area contributed by atoms with E-state index in [1.165, 1.54) is 0 Å². The number of allylic oxidation sites excluding steroid dienone is 3. The number of nitrogens with one attached hydrogen (secondary N) is 1. The summed E-state index contributed by atoms with van der Waals surface area (Å²) in [6.07, 6.45) is 3.82. The number of hydrogen-bond donors (Lipinski definition) is 1. The molecule has 0 heterocycles. The average Bonchev–Trinajstić information content (AvgIpc) is 2.19. The number of hydrogen-bond acceptors (Lipinski definition) is 1. The predicted octanol–water partition coefficient (Wildman–Crippen LogP) is 2.44. The first-order chi connectivity index (χ1) is 7.22. The molecule has 2 nitrogen and oxygen atoms in total. The van der Waals surface area contributed by atoms with Crippen LogP contribution in [-0.2, 0) is 11.2 Å². The van der Waals surface area contributed by atoms with Gasteiger partial charge in [-0.25, -0.2) is 0 Å². The Morgan fingerprint density at radius 1 is 1.40 bits per heavy atom. The van der Waals surface area contributed by atoms with Crippen LogP contribution in [-0.4, -0.2) is 5.91 Å². The fourth-order valence-corrected chi connectivity index (χ4v) is 1.26. The molecule has 0 atom stereocenters. The maximum Gasteiger partial charge on any atom is 0.228 e. The number of rotatable bonds is 4. The van der Waals surface area contributed by atoms with E-state index in [-0.39, 0.29) is 5.91 Å². The van der Waals surface area contributed by atoms with E-state index in [9.17, 15) is 4.79 Å². The summed E-state index contributed by atoms with van der Waals surface area (Å²) < 4.78 is 0. The monoisotopic (exact) mass is 201 g/mol. The van der Waals surface area contributed by atoms with E-state index in [2.05, 4.69) is 11.9 Å². The van der Waals surface area contributed by atoms with Gasteiger partial charge in [-0.05, 0) is 18.6 Å². The van der Waals surface area contributed by atoms with Crippen molar-refractivity contribution in [2.75, 3.05) is 0 Å². The van der Waals surface area contributed by atoms with Crippen molar-refractivity contribution in [3.63, 3.8) is 0 Å². The molecule has 1 amide bonds. The SMILES string of the molecule is C=C/C=C(\C)NC(=O)Cc1ccccc1. The Morgan fingerprint density at radius 3 is 2.67 bits per heavy atom. The van der Waals surface area contributed by atoms with Crippen molar-refractivity contribution >= 4 is 5.91 Å². The Hall–Kier alpha value is -1.83. The van der Waals surface area contributed by atoms with Crippen molar-refractivity contribution in [3.05, 3.63) is 60.3 Å². The molecular formula is C13H15NO. The minimum Gasteiger partial charge on any atom is -0.330 e. The number of amides is 1. The van der Waals surface area contributed by atoms with E-state index in [1.54, 1.807) is 12.2 Å². The van der Waals surface area contributed by atoms with Crippen LogP contribution in [0.25, 0.3) is 0 Å². The van der Waals surface area contributed by atoms with E-state index < -0.39 is 0 Å². The molecule has 0 radical (unpaired) electrons. The topological polar surface area (TPSA) is 29.1 Å². The Kier molecular flexibility index (Phi) is 4.35. The van der Waals surface area contributed by atoms with Crippen molar-refractivity contribution in [1.82, 2.24) is 5.32 Å². The fourth-order valence-electron chi connectivity index (χ4n) is 1.26. The lowest BCUT2D eigenvalue weighted by molar-refractivity contribution is -0.119. The van der Waals surface area contributed by atoms with Gasteiger partial charge < -0.3 is 5.32 Å². The van der Waals surface area contributed by atoms with Crippen LogP contribution in [0.15, 0.2) is 54.8 Å². The molecule has 0 spiro atoms. The first-order valence-electron chi connectivity index (χ1n) is 4.85. The summed E-state index contributed by atoms with van der Waals surface area (Å²) in [5.41, 5.74) is 1.83. The van der Waals surface area contributed by atoms with E-state index >= 15 is 0 Å². The second-order valence-corrected chi connectivity index (χ2v) is 3.30. The van der Waals surface area contributed by atoms with Crippen LogP contribution in [0, 0.1) is 0 Å². The third-order valence-electron chi connectivity index (χ3n) is 1.91. The molecule has 1 aromatic carbocycles. The summed E-state index contributed by atoms with van der Waals surface area (Å²) in [6.45, 7) is 5.40. The average molecular weight is 201 g/mol. The minimum absolute atomic E-state index is 0.00296. The maximum absolute atomic E-state index is 11.5. The lowest BCUT2D eigenvalue weighted by atomic mass is 10.1. The highest BCUT2D eigenvalue weighted by molar-refractivity contribution is 5.80. The van der Waals surface area contributed by atoms with E-state index in [0.29, 0.717) is 6.42 Å². The molecule has 2 heteroatoms. The summed E-state index contributed by atoms with van der Waals surface area (Å²) in [5.74, 6) is -0.00296. The van der Waals surface area contributed by atoms with Gasteiger partial charge in [0.1, 0.15) is 0 Å². The molecule has 0 fully saturated rings. The second-order valence-electron chi connectivity index (χ2n) is 3.30. The maximum atomic E-state index is 11.5. The first-order valence-corrected chi connectivity index (χ1v) is 4.85. The summed E-state index contributed by atoms with van der Waals surface area (Å²) in [7, 11) is 0. The lowest BCUT2D eigenvalue weighted by Crippen LogP contribution is -2.23. The van der Waals surface area contributed by atoms with E-state index in [0.717, 1.165) is 11.3 Å². The molecule has 1 N–H and O–H groups in total. The molecule has 15 heavy (non-hydrogen) atoms. The van der Waals surface area contributed by atoms with E-state index in [1.807, 2.05) is 37.3 Å². The number of carbonyl (C=O) groups is 1. The summed E-state index contributed by atoms with van der Waals surface area (Å²) in [4.78, 5) is 11.5. The molecule has 78 valence electrons. The van der Waals surface area contributed by atoms with Crippen LogP contribution in [0.5, 0.6) is 0 Å². The zero-order valence-electron chi connectivity index (χ0n) is 8.86. The smallest absolute Gasteiger partial charge is 0.228 e. The molecule has 0 aliphatic heterocycles. The van der Waals surface area contributed by atoms with Crippen molar-refractivity contribution in [3.8, 4) is 0 Å². The highest BCUT2D eigenvalue weighted by Crippen LogP contribution is 2.00. The van der Waals surface area contributed by atoms with Crippen molar-refractivity contribution < 1.29 is 4.79 Å². The summed E-state index contributed by atoms with van der Waals surface area (Å²) in [6, 6.07) is 9.66. The van der Waals surface area contributed by atoms with Gasteiger partial charge in [-0.3, -0.25) is 4.79 Å². The van der Waals surface area contributed by atoms with Gasteiger partial charge >= 0.3 is 0 Å². The second kappa shape index (κ2) is 5.81. The molecule has 0 saturated carbocycles. The Balaban J connectivity index is 2.50. The Labute approximate surface area is 90.3 Å². The minimum atomic E-state index is -0.00296.